The SMILES string of the molecule is Cc1ccc(NC(=O)COC(=O)c2cc([N+](=O)[O-])ccc2N2CCCC2)c([N+](=O)[O-])c1. The van der Waals surface area contributed by atoms with Gasteiger partial charge in [0.15, 0.2) is 6.61 Å². The fraction of sp³-hybridized carbons (Fsp3) is 0.300. The second kappa shape index (κ2) is 9.20. The summed E-state index contributed by atoms with van der Waals surface area (Å²) in [5, 5.41) is 24.6. The van der Waals surface area contributed by atoms with Gasteiger partial charge in [-0.3, -0.25) is 25.0 Å². The molecule has 0 radical (unpaired) electrons. The van der Waals surface area contributed by atoms with Crippen molar-refractivity contribution in [3.8, 4) is 0 Å². The van der Waals surface area contributed by atoms with Crippen LogP contribution in [0.5, 0.6) is 0 Å². The Kier molecular flexibility index (Phi) is 6.43. The Morgan fingerprint density at radius 3 is 2.42 bits per heavy atom. The Hall–Kier alpha value is -4.02. The smallest absolute Gasteiger partial charge is 0.341 e. The Morgan fingerprint density at radius 2 is 1.77 bits per heavy atom. The van der Waals surface area contributed by atoms with Crippen LogP contribution in [-0.2, 0) is 9.53 Å². The lowest BCUT2D eigenvalue weighted by Gasteiger charge is -2.20. The third-order valence-electron chi connectivity index (χ3n) is 4.82. The summed E-state index contributed by atoms with van der Waals surface area (Å²) in [6.45, 7) is 2.38. The highest BCUT2D eigenvalue weighted by Crippen LogP contribution is 2.29. The number of nitrogens with one attached hydrogen (secondary N) is 1. The van der Waals surface area contributed by atoms with Gasteiger partial charge in [0.25, 0.3) is 17.3 Å². The molecule has 0 spiro atoms. The number of carbonyl (C=O) groups excluding carboxylic acids is 2. The van der Waals surface area contributed by atoms with Gasteiger partial charge in [-0.05, 0) is 37.5 Å². The summed E-state index contributed by atoms with van der Waals surface area (Å²) in [4.78, 5) is 47.8. The lowest BCUT2D eigenvalue weighted by molar-refractivity contribution is -0.384. The fourth-order valence-corrected chi connectivity index (χ4v) is 3.33. The summed E-state index contributed by atoms with van der Waals surface area (Å²) in [6.07, 6.45) is 1.87. The van der Waals surface area contributed by atoms with E-state index in [0.29, 0.717) is 24.3 Å². The average molecular weight is 428 g/mol. The largest absolute Gasteiger partial charge is 0.452 e. The molecule has 11 heteroatoms. The summed E-state index contributed by atoms with van der Waals surface area (Å²) in [7, 11) is 0. The lowest BCUT2D eigenvalue weighted by Crippen LogP contribution is -2.24. The number of amides is 1. The zero-order chi connectivity index (χ0) is 22.5. The molecule has 1 aliphatic rings. The van der Waals surface area contributed by atoms with Crippen LogP contribution in [0.2, 0.25) is 0 Å². The van der Waals surface area contributed by atoms with Gasteiger partial charge < -0.3 is 15.0 Å². The van der Waals surface area contributed by atoms with E-state index in [1.807, 2.05) is 4.90 Å². The summed E-state index contributed by atoms with van der Waals surface area (Å²) < 4.78 is 5.05. The Bertz CT molecular complexity index is 1050. The Morgan fingerprint density at radius 1 is 1.06 bits per heavy atom. The van der Waals surface area contributed by atoms with Crippen molar-refractivity contribution in [3.05, 3.63) is 67.8 Å². The van der Waals surface area contributed by atoms with Gasteiger partial charge >= 0.3 is 5.97 Å². The number of nitro groups is 2. The number of rotatable bonds is 7. The number of esters is 1. The van der Waals surface area contributed by atoms with Crippen molar-refractivity contribution >= 4 is 34.6 Å². The third kappa shape index (κ3) is 5.13. The van der Waals surface area contributed by atoms with Crippen LogP contribution in [0.25, 0.3) is 0 Å². The summed E-state index contributed by atoms with van der Waals surface area (Å²) in [5.41, 5.74) is 0.568. The molecule has 1 amide bonds. The number of benzene rings is 2. The molecule has 0 aromatic heterocycles. The number of anilines is 2. The lowest BCUT2D eigenvalue weighted by atomic mass is 10.1. The normalized spacial score (nSPS) is 13.0. The quantitative estimate of drug-likeness (QED) is 0.402. The van der Waals surface area contributed by atoms with E-state index >= 15 is 0 Å². The second-order valence-corrected chi connectivity index (χ2v) is 7.05. The average Bonchev–Trinajstić information content (AvgIpc) is 3.27. The molecule has 1 N–H and O–H groups in total. The first-order chi connectivity index (χ1) is 14.8. The first-order valence-electron chi connectivity index (χ1n) is 9.51. The molecule has 3 rings (SSSR count). The molecule has 1 fully saturated rings. The molecule has 2 aromatic rings. The van der Waals surface area contributed by atoms with E-state index in [-0.39, 0.29) is 22.6 Å². The molecular formula is C20H20N4O7. The number of aryl methyl sites for hydroxylation is 1. The molecule has 1 saturated heterocycles. The third-order valence-corrected chi connectivity index (χ3v) is 4.82. The predicted molar refractivity (Wildman–Crippen MR) is 111 cm³/mol. The van der Waals surface area contributed by atoms with E-state index in [9.17, 15) is 29.8 Å². The Balaban J connectivity index is 1.73. The monoisotopic (exact) mass is 428 g/mol. The van der Waals surface area contributed by atoms with Gasteiger partial charge in [-0.15, -0.1) is 0 Å². The summed E-state index contributed by atoms with van der Waals surface area (Å²) in [6, 6.07) is 8.23. The Labute approximate surface area is 176 Å². The molecule has 0 saturated carbocycles. The molecule has 0 unspecified atom stereocenters. The summed E-state index contributed by atoms with van der Waals surface area (Å²) >= 11 is 0. The minimum absolute atomic E-state index is 0.00906. The van der Waals surface area contributed by atoms with E-state index < -0.39 is 28.3 Å². The highest BCUT2D eigenvalue weighted by atomic mass is 16.6. The molecule has 0 atom stereocenters. The number of hydrogen-bond acceptors (Lipinski definition) is 8. The van der Waals surface area contributed by atoms with Crippen molar-refractivity contribution in [1.29, 1.82) is 0 Å². The first-order valence-corrected chi connectivity index (χ1v) is 9.51. The minimum Gasteiger partial charge on any atom is -0.452 e. The highest BCUT2D eigenvalue weighted by molar-refractivity contribution is 6.00. The van der Waals surface area contributed by atoms with Gasteiger partial charge in [0, 0.05) is 31.3 Å². The fourth-order valence-electron chi connectivity index (χ4n) is 3.33. The van der Waals surface area contributed by atoms with Crippen LogP contribution in [0.3, 0.4) is 0 Å². The van der Waals surface area contributed by atoms with E-state index in [1.54, 1.807) is 13.0 Å². The van der Waals surface area contributed by atoms with Crippen molar-refractivity contribution in [2.45, 2.75) is 19.8 Å². The van der Waals surface area contributed by atoms with Crippen LogP contribution in [-0.4, -0.2) is 41.4 Å². The van der Waals surface area contributed by atoms with E-state index in [4.69, 9.17) is 4.74 Å². The standard InChI is InChI=1S/C20H20N4O7/c1-13-4-6-16(18(10-13)24(29)30)21-19(25)12-31-20(26)15-11-14(23(27)28)5-7-17(15)22-8-2-3-9-22/h4-7,10-11H,2-3,8-9,12H2,1H3,(H,21,25). The molecule has 0 bridgehead atoms. The first kappa shape index (κ1) is 21.7. The zero-order valence-electron chi connectivity index (χ0n) is 16.7. The number of ether oxygens (including phenoxy) is 1. The van der Waals surface area contributed by atoms with E-state index in [2.05, 4.69) is 5.32 Å². The van der Waals surface area contributed by atoms with Crippen LogP contribution in [0.4, 0.5) is 22.7 Å². The van der Waals surface area contributed by atoms with Crippen LogP contribution in [0.1, 0.15) is 28.8 Å². The molecule has 11 nitrogen and oxygen atoms in total. The maximum atomic E-state index is 12.6. The topological polar surface area (TPSA) is 145 Å². The van der Waals surface area contributed by atoms with Crippen LogP contribution < -0.4 is 10.2 Å². The van der Waals surface area contributed by atoms with Crippen molar-refractivity contribution in [2.75, 3.05) is 29.9 Å². The number of carbonyl (C=O) groups is 2. The van der Waals surface area contributed by atoms with Crippen molar-refractivity contribution in [1.82, 2.24) is 0 Å². The molecule has 1 heterocycles. The van der Waals surface area contributed by atoms with Crippen molar-refractivity contribution in [2.24, 2.45) is 0 Å². The van der Waals surface area contributed by atoms with E-state index in [1.165, 1.54) is 24.3 Å². The van der Waals surface area contributed by atoms with Crippen molar-refractivity contribution < 1.29 is 24.2 Å². The van der Waals surface area contributed by atoms with Gasteiger partial charge in [0.1, 0.15) is 5.69 Å². The van der Waals surface area contributed by atoms with Gasteiger partial charge in [-0.2, -0.15) is 0 Å². The van der Waals surface area contributed by atoms with Crippen LogP contribution in [0.15, 0.2) is 36.4 Å². The number of non-ortho nitro benzene ring substituents is 1. The highest BCUT2D eigenvalue weighted by Gasteiger charge is 2.24. The molecule has 0 aliphatic carbocycles. The molecule has 2 aromatic carbocycles. The second-order valence-electron chi connectivity index (χ2n) is 7.05. The minimum atomic E-state index is -0.890. The maximum Gasteiger partial charge on any atom is 0.341 e. The zero-order valence-corrected chi connectivity index (χ0v) is 16.7. The number of nitro benzene ring substituents is 2. The molecular weight excluding hydrogens is 408 g/mol. The number of nitrogens with zero attached hydrogens (tertiary/aromatic N) is 3. The number of hydrogen-bond donors (Lipinski definition) is 1. The molecule has 31 heavy (non-hydrogen) atoms. The molecule has 1 aliphatic heterocycles. The molecule has 162 valence electrons. The van der Waals surface area contributed by atoms with Gasteiger partial charge in [-0.1, -0.05) is 6.07 Å². The van der Waals surface area contributed by atoms with Crippen LogP contribution in [0, 0.1) is 27.2 Å². The van der Waals surface area contributed by atoms with E-state index in [0.717, 1.165) is 18.9 Å². The summed E-state index contributed by atoms with van der Waals surface area (Å²) in [5.74, 6) is -1.66. The maximum absolute atomic E-state index is 12.6. The van der Waals surface area contributed by atoms with Crippen molar-refractivity contribution in [3.63, 3.8) is 0 Å². The van der Waals surface area contributed by atoms with Crippen LogP contribution >= 0.6 is 0 Å². The van der Waals surface area contributed by atoms with Gasteiger partial charge in [0.2, 0.25) is 0 Å². The predicted octanol–water partition coefficient (Wildman–Crippen LogP) is 3.21. The van der Waals surface area contributed by atoms with Gasteiger partial charge in [0.05, 0.1) is 21.1 Å². The van der Waals surface area contributed by atoms with Gasteiger partial charge in [-0.25, -0.2) is 4.79 Å².